The van der Waals surface area contributed by atoms with E-state index in [0.717, 1.165) is 30.8 Å². The van der Waals surface area contributed by atoms with Gasteiger partial charge in [-0.05, 0) is 72.5 Å². The van der Waals surface area contributed by atoms with Crippen LogP contribution in [0.4, 0.5) is 4.79 Å². The van der Waals surface area contributed by atoms with Crippen LogP contribution < -0.4 is 5.32 Å². The van der Waals surface area contributed by atoms with E-state index < -0.39 is 5.60 Å². The molecule has 0 spiro atoms. The summed E-state index contributed by atoms with van der Waals surface area (Å²) in [4.78, 5) is 33.4. The number of nitrogens with one attached hydrogen (secondary N) is 1. The van der Waals surface area contributed by atoms with Gasteiger partial charge in [-0.15, -0.1) is 11.3 Å². The molecule has 3 heterocycles. The van der Waals surface area contributed by atoms with E-state index in [0.29, 0.717) is 31.2 Å². The highest BCUT2D eigenvalue weighted by molar-refractivity contribution is 7.09. The van der Waals surface area contributed by atoms with Crippen molar-refractivity contribution in [1.82, 2.24) is 20.1 Å². The van der Waals surface area contributed by atoms with E-state index in [1.165, 1.54) is 25.9 Å². The molecule has 0 radical (unpaired) electrons. The number of likely N-dealkylation sites (tertiary alicyclic amines) is 2. The van der Waals surface area contributed by atoms with Gasteiger partial charge in [-0.3, -0.25) is 4.79 Å². The van der Waals surface area contributed by atoms with Crippen molar-refractivity contribution in [3.63, 3.8) is 0 Å². The summed E-state index contributed by atoms with van der Waals surface area (Å²) < 4.78 is 5.45. The Bertz CT molecular complexity index is 686. The van der Waals surface area contributed by atoms with Gasteiger partial charge in [0.2, 0.25) is 0 Å². The van der Waals surface area contributed by atoms with Gasteiger partial charge in [0.1, 0.15) is 11.3 Å². The van der Waals surface area contributed by atoms with Crippen LogP contribution in [-0.2, 0) is 4.74 Å². The van der Waals surface area contributed by atoms with Crippen LogP contribution in [0.2, 0.25) is 0 Å². The summed E-state index contributed by atoms with van der Waals surface area (Å²) in [6.45, 7) is 11.1. The maximum absolute atomic E-state index is 12.4. The molecular weight excluding hydrogens is 388 g/mol. The van der Waals surface area contributed by atoms with E-state index in [2.05, 4.69) is 15.2 Å². The minimum Gasteiger partial charge on any atom is -0.444 e. The third-order valence-corrected chi connectivity index (χ3v) is 6.39. The lowest BCUT2D eigenvalue weighted by Crippen LogP contribution is -2.41. The van der Waals surface area contributed by atoms with Crippen molar-refractivity contribution in [2.24, 2.45) is 0 Å². The lowest BCUT2D eigenvalue weighted by atomic mass is 9.98. The average Bonchev–Trinajstić information content (AvgIpc) is 3.36. The Morgan fingerprint density at radius 1 is 1.21 bits per heavy atom. The molecule has 2 amide bonds. The number of carbonyl (C=O) groups is 2. The van der Waals surface area contributed by atoms with E-state index in [4.69, 9.17) is 4.74 Å². The van der Waals surface area contributed by atoms with Crippen molar-refractivity contribution >= 4 is 23.3 Å². The average molecular weight is 423 g/mol. The SMILES string of the molecule is CC(C)(C)OC(=O)N1CCC(c2nc(C(=O)NCCCN3CCCC3)cs2)CC1. The molecule has 29 heavy (non-hydrogen) atoms. The van der Waals surface area contributed by atoms with Gasteiger partial charge in [-0.1, -0.05) is 0 Å². The number of ether oxygens (including phenoxy) is 1. The normalized spacial score (nSPS) is 18.8. The first kappa shape index (κ1) is 22.0. The third kappa shape index (κ3) is 6.67. The van der Waals surface area contributed by atoms with Crippen molar-refractivity contribution in [3.8, 4) is 0 Å². The predicted molar refractivity (Wildman–Crippen MR) is 115 cm³/mol. The summed E-state index contributed by atoms with van der Waals surface area (Å²) >= 11 is 1.55. The fraction of sp³-hybridized carbons (Fsp3) is 0.762. The van der Waals surface area contributed by atoms with Crippen LogP contribution in [0.3, 0.4) is 0 Å². The van der Waals surface area contributed by atoms with Gasteiger partial charge in [-0.2, -0.15) is 0 Å². The minimum atomic E-state index is -0.472. The molecule has 1 aromatic rings. The highest BCUT2D eigenvalue weighted by Crippen LogP contribution is 2.30. The molecule has 2 aliphatic heterocycles. The molecule has 8 heteroatoms. The van der Waals surface area contributed by atoms with E-state index in [1.54, 1.807) is 16.2 Å². The fourth-order valence-corrected chi connectivity index (χ4v) is 4.79. The summed E-state index contributed by atoms with van der Waals surface area (Å²) in [7, 11) is 0. The molecule has 7 nitrogen and oxygen atoms in total. The van der Waals surface area contributed by atoms with Gasteiger partial charge in [0, 0.05) is 30.9 Å². The fourth-order valence-electron chi connectivity index (χ4n) is 3.82. The second-order valence-electron chi connectivity index (χ2n) is 8.97. The standard InChI is InChI=1S/C21H34N4O3S/c1-21(2,3)28-20(27)25-13-7-16(8-14-25)19-23-17(15-29-19)18(26)22-9-6-12-24-10-4-5-11-24/h15-16H,4-14H2,1-3H3,(H,22,26). The van der Waals surface area contributed by atoms with Gasteiger partial charge in [0.15, 0.2) is 0 Å². The monoisotopic (exact) mass is 422 g/mol. The van der Waals surface area contributed by atoms with Gasteiger partial charge in [0.25, 0.3) is 5.91 Å². The van der Waals surface area contributed by atoms with E-state index in [-0.39, 0.29) is 12.0 Å². The Morgan fingerprint density at radius 3 is 2.55 bits per heavy atom. The Labute approximate surface area is 177 Å². The second kappa shape index (κ2) is 9.89. The third-order valence-electron chi connectivity index (χ3n) is 5.39. The number of hydrogen-bond acceptors (Lipinski definition) is 6. The smallest absolute Gasteiger partial charge is 0.410 e. The molecule has 3 rings (SSSR count). The summed E-state index contributed by atoms with van der Waals surface area (Å²) in [5.41, 5.74) is 0.0423. The Kier molecular flexibility index (Phi) is 7.51. The highest BCUT2D eigenvalue weighted by atomic mass is 32.1. The quantitative estimate of drug-likeness (QED) is 0.711. The molecule has 2 fully saturated rings. The molecule has 0 aliphatic carbocycles. The number of thiazole rings is 1. The van der Waals surface area contributed by atoms with Crippen LogP contribution in [0.15, 0.2) is 5.38 Å². The summed E-state index contributed by atoms with van der Waals surface area (Å²) in [5.74, 6) is 0.218. The van der Waals surface area contributed by atoms with Gasteiger partial charge < -0.3 is 19.9 Å². The zero-order valence-corrected chi connectivity index (χ0v) is 18.7. The molecule has 0 atom stereocenters. The first-order chi connectivity index (χ1) is 13.8. The lowest BCUT2D eigenvalue weighted by molar-refractivity contribution is 0.0205. The van der Waals surface area contributed by atoms with Crippen molar-refractivity contribution in [3.05, 3.63) is 16.1 Å². The number of rotatable bonds is 6. The van der Waals surface area contributed by atoms with Crippen LogP contribution in [0, 0.1) is 0 Å². The topological polar surface area (TPSA) is 74.8 Å². The second-order valence-corrected chi connectivity index (χ2v) is 9.86. The summed E-state index contributed by atoms with van der Waals surface area (Å²) in [6, 6.07) is 0. The van der Waals surface area contributed by atoms with E-state index in [9.17, 15) is 9.59 Å². The lowest BCUT2D eigenvalue weighted by Gasteiger charge is -2.32. The number of nitrogens with zero attached hydrogens (tertiary/aromatic N) is 3. The molecule has 0 saturated carbocycles. The Hall–Kier alpha value is -1.67. The maximum atomic E-state index is 12.4. The van der Waals surface area contributed by atoms with Gasteiger partial charge >= 0.3 is 6.09 Å². The number of carbonyl (C=O) groups excluding carboxylic acids is 2. The maximum Gasteiger partial charge on any atom is 0.410 e. The molecule has 1 N–H and O–H groups in total. The van der Waals surface area contributed by atoms with Crippen LogP contribution in [-0.4, -0.2) is 71.7 Å². The van der Waals surface area contributed by atoms with Crippen molar-refractivity contribution in [1.29, 1.82) is 0 Å². The van der Waals surface area contributed by atoms with Gasteiger partial charge in [-0.25, -0.2) is 9.78 Å². The first-order valence-electron chi connectivity index (χ1n) is 10.8. The largest absolute Gasteiger partial charge is 0.444 e. The highest BCUT2D eigenvalue weighted by Gasteiger charge is 2.29. The minimum absolute atomic E-state index is 0.0832. The number of piperidine rings is 1. The first-order valence-corrected chi connectivity index (χ1v) is 11.6. The van der Waals surface area contributed by atoms with Gasteiger partial charge in [0.05, 0.1) is 5.01 Å². The number of aromatic nitrogens is 1. The molecule has 2 aliphatic rings. The molecule has 0 aromatic carbocycles. The Balaban J connectivity index is 1.40. The van der Waals surface area contributed by atoms with E-state index >= 15 is 0 Å². The van der Waals surface area contributed by atoms with Crippen molar-refractivity contribution in [2.75, 3.05) is 39.3 Å². The molecule has 162 valence electrons. The molecule has 1 aromatic heterocycles. The molecule has 0 unspecified atom stereocenters. The molecule has 2 saturated heterocycles. The predicted octanol–water partition coefficient (Wildman–Crippen LogP) is 3.47. The summed E-state index contributed by atoms with van der Waals surface area (Å²) in [6.07, 6.45) is 5.03. The zero-order chi connectivity index (χ0) is 20.9. The molecule has 0 bridgehead atoms. The number of amides is 2. The molecular formula is C21H34N4O3S. The number of hydrogen-bond donors (Lipinski definition) is 1. The van der Waals surface area contributed by atoms with Crippen molar-refractivity contribution < 1.29 is 14.3 Å². The van der Waals surface area contributed by atoms with Crippen LogP contribution in [0.25, 0.3) is 0 Å². The van der Waals surface area contributed by atoms with Crippen LogP contribution >= 0.6 is 11.3 Å². The van der Waals surface area contributed by atoms with Crippen LogP contribution in [0.1, 0.15) is 74.3 Å². The van der Waals surface area contributed by atoms with Crippen LogP contribution in [0.5, 0.6) is 0 Å². The summed E-state index contributed by atoms with van der Waals surface area (Å²) in [5, 5.41) is 5.84. The Morgan fingerprint density at radius 2 is 1.90 bits per heavy atom. The van der Waals surface area contributed by atoms with Crippen molar-refractivity contribution in [2.45, 2.75) is 64.4 Å². The van der Waals surface area contributed by atoms with E-state index in [1.807, 2.05) is 26.2 Å². The zero-order valence-electron chi connectivity index (χ0n) is 17.9.